The molecule has 0 aliphatic heterocycles. The Kier molecular flexibility index (Phi) is 7.38. The van der Waals surface area contributed by atoms with Crippen molar-refractivity contribution in [2.45, 2.75) is 48.2 Å². The second kappa shape index (κ2) is 9.13. The van der Waals surface area contributed by atoms with E-state index in [1.807, 2.05) is 56.3 Å². The summed E-state index contributed by atoms with van der Waals surface area (Å²) in [7, 11) is -1.98. The number of rotatable bonds is 8. The fourth-order valence-corrected chi connectivity index (χ4v) is 7.23. The minimum Gasteiger partial charge on any atom is -0.481 e. The molecule has 0 spiro atoms. The van der Waals surface area contributed by atoms with Gasteiger partial charge >= 0.3 is 5.97 Å². The maximum Gasteiger partial charge on any atom is 0.310 e. The molecule has 0 saturated heterocycles. The standard InChI is InChI=1S/C23H28Br3NO4Si/c1-21(2)18(19(23(24,25)26)31-32(3,4)5)22(21,20(28)29)14-15-10-9-13-17(27-15)30-16-11-7-6-8-12-16/h6-13,18-19H,14H2,1-5H3,(H,28,29)/t18-,19+,22-/m0/s1. The van der Waals surface area contributed by atoms with E-state index in [1.54, 1.807) is 6.07 Å². The van der Waals surface area contributed by atoms with E-state index in [-0.39, 0.29) is 12.3 Å². The van der Waals surface area contributed by atoms with Crippen LogP contribution in [0.15, 0.2) is 48.5 Å². The highest BCUT2D eigenvalue weighted by Crippen LogP contribution is 2.74. The van der Waals surface area contributed by atoms with Crippen molar-refractivity contribution in [3.63, 3.8) is 0 Å². The smallest absolute Gasteiger partial charge is 0.310 e. The molecule has 0 bridgehead atoms. The lowest BCUT2D eigenvalue weighted by molar-refractivity contribution is -0.145. The van der Waals surface area contributed by atoms with Crippen LogP contribution >= 0.6 is 47.8 Å². The number of carboxylic acids is 1. The molecule has 5 nitrogen and oxygen atoms in total. The van der Waals surface area contributed by atoms with Crippen molar-refractivity contribution in [1.82, 2.24) is 4.98 Å². The van der Waals surface area contributed by atoms with Gasteiger partial charge in [0, 0.05) is 24.1 Å². The zero-order valence-electron chi connectivity index (χ0n) is 18.7. The molecule has 1 aliphatic carbocycles. The van der Waals surface area contributed by atoms with Gasteiger partial charge in [0.15, 0.2) is 10.5 Å². The van der Waals surface area contributed by atoms with E-state index < -0.39 is 33.4 Å². The number of carbonyl (C=O) groups is 1. The fraction of sp³-hybridized carbons (Fsp3) is 0.478. The molecule has 3 rings (SSSR count). The number of carboxylic acid groups (broad SMARTS) is 1. The highest BCUT2D eigenvalue weighted by Gasteiger charge is 2.79. The molecule has 9 heteroatoms. The van der Waals surface area contributed by atoms with Crippen LogP contribution in [0.5, 0.6) is 11.6 Å². The Hall–Kier alpha value is -0.743. The molecule has 0 unspecified atom stereocenters. The molecule has 32 heavy (non-hydrogen) atoms. The van der Waals surface area contributed by atoms with E-state index in [9.17, 15) is 9.90 Å². The van der Waals surface area contributed by atoms with Crippen molar-refractivity contribution in [3.05, 3.63) is 54.2 Å². The number of benzene rings is 1. The molecular weight excluding hydrogens is 622 g/mol. The lowest BCUT2D eigenvalue weighted by Gasteiger charge is -2.34. The minimum atomic E-state index is -1.98. The summed E-state index contributed by atoms with van der Waals surface area (Å²) in [5.41, 5.74) is -0.870. The van der Waals surface area contributed by atoms with Crippen molar-refractivity contribution in [2.75, 3.05) is 0 Å². The molecule has 2 aromatic rings. The second-order valence-corrected chi connectivity index (χ2v) is 21.1. The summed E-state index contributed by atoms with van der Waals surface area (Å²) < 4.78 is 11.6. The Morgan fingerprint density at radius 3 is 2.28 bits per heavy atom. The minimum absolute atomic E-state index is 0.252. The molecule has 0 radical (unpaired) electrons. The average molecular weight is 650 g/mol. The Bertz CT molecular complexity index is 975. The molecule has 0 amide bonds. The molecule has 174 valence electrons. The van der Waals surface area contributed by atoms with Gasteiger partial charge in [-0.1, -0.05) is 85.9 Å². The third-order valence-corrected chi connectivity index (χ3v) is 8.38. The second-order valence-electron chi connectivity index (χ2n) is 9.73. The summed E-state index contributed by atoms with van der Waals surface area (Å²) in [4.78, 5) is 17.4. The van der Waals surface area contributed by atoms with Crippen LogP contribution in [-0.4, -0.2) is 32.6 Å². The summed E-state index contributed by atoms with van der Waals surface area (Å²) in [6.07, 6.45) is -0.121. The Morgan fingerprint density at radius 2 is 1.75 bits per heavy atom. The van der Waals surface area contributed by atoms with Crippen LogP contribution in [0.1, 0.15) is 19.5 Å². The molecule has 1 aromatic heterocycles. The molecule has 1 fully saturated rings. The number of alkyl halides is 3. The third-order valence-electron chi connectivity index (χ3n) is 6.07. The van der Waals surface area contributed by atoms with Crippen molar-refractivity contribution in [3.8, 4) is 11.6 Å². The molecule has 1 saturated carbocycles. The highest BCUT2D eigenvalue weighted by atomic mass is 80.0. The number of hydrogen-bond acceptors (Lipinski definition) is 4. The Balaban J connectivity index is 1.93. The lowest BCUT2D eigenvalue weighted by Crippen LogP contribution is -2.42. The van der Waals surface area contributed by atoms with Crippen LogP contribution in [0.25, 0.3) is 0 Å². The van der Waals surface area contributed by atoms with Gasteiger partial charge in [-0.15, -0.1) is 0 Å². The van der Waals surface area contributed by atoms with E-state index in [2.05, 4.69) is 72.4 Å². The van der Waals surface area contributed by atoms with Gasteiger partial charge in [0.05, 0.1) is 11.5 Å². The zero-order valence-corrected chi connectivity index (χ0v) is 24.5. The fourth-order valence-electron chi connectivity index (χ4n) is 4.57. The van der Waals surface area contributed by atoms with Crippen LogP contribution < -0.4 is 4.74 Å². The van der Waals surface area contributed by atoms with E-state index in [0.29, 0.717) is 17.3 Å². The number of para-hydroxylation sites is 1. The van der Waals surface area contributed by atoms with Gasteiger partial charge in [0.2, 0.25) is 5.88 Å². The predicted molar refractivity (Wildman–Crippen MR) is 140 cm³/mol. The number of aromatic nitrogens is 1. The Labute approximate surface area is 215 Å². The highest BCUT2D eigenvalue weighted by molar-refractivity contribution is 9.39. The maximum atomic E-state index is 12.7. The van der Waals surface area contributed by atoms with Crippen LogP contribution in [0.3, 0.4) is 0 Å². The van der Waals surface area contributed by atoms with E-state index in [0.717, 1.165) is 0 Å². The van der Waals surface area contributed by atoms with E-state index in [4.69, 9.17) is 9.16 Å². The number of ether oxygens (including phenoxy) is 1. The first-order valence-corrected chi connectivity index (χ1v) is 16.1. The number of pyridine rings is 1. The normalized spacial score (nSPS) is 23.4. The van der Waals surface area contributed by atoms with Gasteiger partial charge < -0.3 is 14.3 Å². The van der Waals surface area contributed by atoms with Gasteiger partial charge in [0.1, 0.15) is 5.75 Å². The quantitative estimate of drug-likeness (QED) is 0.242. The summed E-state index contributed by atoms with van der Waals surface area (Å²) in [6.45, 7) is 10.3. The van der Waals surface area contributed by atoms with Crippen molar-refractivity contribution < 1.29 is 19.1 Å². The molecule has 1 N–H and O–H groups in total. The Morgan fingerprint density at radius 1 is 1.12 bits per heavy atom. The van der Waals surface area contributed by atoms with Crippen LogP contribution in [0, 0.1) is 16.7 Å². The summed E-state index contributed by atoms with van der Waals surface area (Å²) >= 11 is 10.9. The number of nitrogens with zero attached hydrogens (tertiary/aromatic N) is 1. The zero-order chi connectivity index (χ0) is 23.9. The third kappa shape index (κ3) is 5.32. The first-order chi connectivity index (χ1) is 14.7. The monoisotopic (exact) mass is 647 g/mol. The number of hydrogen-bond donors (Lipinski definition) is 1. The molecule has 3 atom stereocenters. The van der Waals surface area contributed by atoms with Gasteiger partial charge in [-0.25, -0.2) is 4.98 Å². The largest absolute Gasteiger partial charge is 0.481 e. The van der Waals surface area contributed by atoms with Crippen molar-refractivity contribution in [2.24, 2.45) is 16.7 Å². The van der Waals surface area contributed by atoms with Gasteiger partial charge in [0.25, 0.3) is 0 Å². The van der Waals surface area contributed by atoms with Crippen molar-refractivity contribution >= 4 is 62.1 Å². The summed E-state index contributed by atoms with van der Waals surface area (Å²) in [6, 6.07) is 14.9. The topological polar surface area (TPSA) is 68.7 Å². The average Bonchev–Trinajstić information content (AvgIpc) is 3.14. The lowest BCUT2D eigenvalue weighted by atomic mass is 9.90. The van der Waals surface area contributed by atoms with Crippen LogP contribution in [0.2, 0.25) is 19.6 Å². The van der Waals surface area contributed by atoms with Crippen LogP contribution in [-0.2, 0) is 15.6 Å². The molecular formula is C23H28Br3NO4Si. The molecule has 1 aliphatic rings. The SMILES string of the molecule is CC1(C)[C@H]([C@@H](O[Si](C)(C)C)C(Br)(Br)Br)[C@@]1(Cc1cccc(Oc2ccccc2)n1)C(=O)O. The summed E-state index contributed by atoms with van der Waals surface area (Å²) in [5, 5.41) is 10.4. The van der Waals surface area contributed by atoms with Gasteiger partial charge in [-0.05, 0) is 43.3 Å². The molecule has 1 heterocycles. The first-order valence-electron chi connectivity index (χ1n) is 10.4. The van der Waals surface area contributed by atoms with E-state index in [1.165, 1.54) is 0 Å². The van der Waals surface area contributed by atoms with Crippen molar-refractivity contribution in [1.29, 1.82) is 0 Å². The first kappa shape index (κ1) is 25.9. The van der Waals surface area contributed by atoms with Crippen LogP contribution in [0.4, 0.5) is 0 Å². The number of halogens is 3. The van der Waals surface area contributed by atoms with Gasteiger partial charge in [-0.2, -0.15) is 0 Å². The summed E-state index contributed by atoms with van der Waals surface area (Å²) in [5.74, 6) is 0.0263. The van der Waals surface area contributed by atoms with E-state index >= 15 is 0 Å². The van der Waals surface area contributed by atoms with Gasteiger partial charge in [-0.3, -0.25) is 4.79 Å². The predicted octanol–water partition coefficient (Wildman–Crippen LogP) is 7.20. The molecule has 1 aromatic carbocycles. The number of aliphatic carboxylic acids is 1. The maximum absolute atomic E-state index is 12.7.